The second-order valence-corrected chi connectivity index (χ2v) is 8.67. The van der Waals surface area contributed by atoms with Crippen LogP contribution in [0.1, 0.15) is 56.9 Å². The topological polar surface area (TPSA) is 42.1 Å². The van der Waals surface area contributed by atoms with E-state index in [0.29, 0.717) is 5.91 Å². The zero-order valence-electron chi connectivity index (χ0n) is 15.7. The highest BCUT2D eigenvalue weighted by Crippen LogP contribution is 2.64. The maximum atomic E-state index is 13.2. The van der Waals surface area contributed by atoms with Crippen LogP contribution in [0.15, 0.2) is 24.3 Å². The third-order valence-electron chi connectivity index (χ3n) is 7.48. The molecule has 0 bridgehead atoms. The molecule has 1 aromatic rings. The van der Waals surface area contributed by atoms with Crippen molar-refractivity contribution in [3.05, 3.63) is 29.8 Å². The van der Waals surface area contributed by atoms with E-state index in [-0.39, 0.29) is 23.2 Å². The Hall–Kier alpha value is -1.55. The van der Waals surface area contributed by atoms with Crippen molar-refractivity contribution in [1.29, 1.82) is 0 Å². The van der Waals surface area contributed by atoms with Gasteiger partial charge in [-0.2, -0.15) is 0 Å². The van der Waals surface area contributed by atoms with Crippen LogP contribution in [0, 0.1) is 5.92 Å². The van der Waals surface area contributed by atoms with Crippen molar-refractivity contribution in [2.45, 2.75) is 75.0 Å². The van der Waals surface area contributed by atoms with E-state index in [2.05, 4.69) is 17.0 Å². The van der Waals surface area contributed by atoms with Gasteiger partial charge in [0.05, 0.1) is 13.2 Å². The summed E-state index contributed by atoms with van der Waals surface area (Å²) >= 11 is 0. The normalized spacial score (nSPS) is 35.9. The van der Waals surface area contributed by atoms with Gasteiger partial charge in [0.2, 0.25) is 5.91 Å². The molecule has 0 aromatic heterocycles. The van der Waals surface area contributed by atoms with Crippen molar-refractivity contribution in [3.8, 4) is 5.75 Å². The summed E-state index contributed by atoms with van der Waals surface area (Å²) in [5, 5.41) is 0. The Morgan fingerprint density at radius 1 is 1.15 bits per heavy atom. The number of hydrogen-bond donors (Lipinski definition) is 0. The SMILES string of the molecule is COc1ccc(C[C@H]2N(C(=O)C3CCC3)CC[C@]34CCCCC23O4)cc1. The Balaban J connectivity index is 1.44. The molecule has 4 fully saturated rings. The summed E-state index contributed by atoms with van der Waals surface area (Å²) in [5.41, 5.74) is 1.26. The van der Waals surface area contributed by atoms with Gasteiger partial charge in [0, 0.05) is 12.5 Å². The second-order valence-electron chi connectivity index (χ2n) is 8.67. The number of likely N-dealkylation sites (tertiary alicyclic amines) is 1. The van der Waals surface area contributed by atoms with Crippen LogP contribution < -0.4 is 4.74 Å². The smallest absolute Gasteiger partial charge is 0.226 e. The van der Waals surface area contributed by atoms with E-state index in [4.69, 9.17) is 9.47 Å². The number of carbonyl (C=O) groups is 1. The van der Waals surface area contributed by atoms with Crippen molar-refractivity contribution < 1.29 is 14.3 Å². The van der Waals surface area contributed by atoms with Gasteiger partial charge in [0.15, 0.2) is 0 Å². The van der Waals surface area contributed by atoms with Gasteiger partial charge in [-0.15, -0.1) is 0 Å². The molecular formula is C22H29NO3. The highest BCUT2D eigenvalue weighted by molar-refractivity contribution is 5.80. The lowest BCUT2D eigenvalue weighted by Crippen LogP contribution is -2.60. The molecule has 0 radical (unpaired) electrons. The molecule has 26 heavy (non-hydrogen) atoms. The van der Waals surface area contributed by atoms with Crippen LogP contribution in [0.2, 0.25) is 0 Å². The van der Waals surface area contributed by atoms with Crippen LogP contribution in [0.25, 0.3) is 0 Å². The molecule has 4 heteroatoms. The Morgan fingerprint density at radius 3 is 2.62 bits per heavy atom. The van der Waals surface area contributed by atoms with Crippen LogP contribution in [0.5, 0.6) is 5.75 Å². The summed E-state index contributed by atoms with van der Waals surface area (Å²) in [6, 6.07) is 8.52. The van der Waals surface area contributed by atoms with Gasteiger partial charge in [-0.25, -0.2) is 0 Å². The fourth-order valence-corrected chi connectivity index (χ4v) is 5.71. The Labute approximate surface area is 155 Å². The summed E-state index contributed by atoms with van der Waals surface area (Å²) in [6.07, 6.45) is 10.1. The molecule has 140 valence electrons. The quantitative estimate of drug-likeness (QED) is 0.773. The maximum Gasteiger partial charge on any atom is 0.226 e. The fourth-order valence-electron chi connectivity index (χ4n) is 5.71. The molecule has 4 nitrogen and oxygen atoms in total. The molecule has 2 saturated heterocycles. The summed E-state index contributed by atoms with van der Waals surface area (Å²) in [5.74, 6) is 1.53. The lowest BCUT2D eigenvalue weighted by Gasteiger charge is -2.45. The van der Waals surface area contributed by atoms with E-state index < -0.39 is 0 Å². The van der Waals surface area contributed by atoms with Gasteiger partial charge in [0.25, 0.3) is 0 Å². The molecule has 5 rings (SSSR count). The number of methoxy groups -OCH3 is 1. The molecule has 1 amide bonds. The van der Waals surface area contributed by atoms with Gasteiger partial charge in [-0.1, -0.05) is 31.4 Å². The molecule has 2 heterocycles. The average molecular weight is 355 g/mol. The Kier molecular flexibility index (Phi) is 3.82. The number of hydrogen-bond acceptors (Lipinski definition) is 3. The lowest BCUT2D eigenvalue weighted by atomic mass is 9.69. The van der Waals surface area contributed by atoms with E-state index in [9.17, 15) is 4.79 Å². The molecule has 2 aliphatic carbocycles. The van der Waals surface area contributed by atoms with Gasteiger partial charge in [-0.3, -0.25) is 4.79 Å². The minimum atomic E-state index is -0.0805. The van der Waals surface area contributed by atoms with Crippen molar-refractivity contribution >= 4 is 5.91 Å². The summed E-state index contributed by atoms with van der Waals surface area (Å²) < 4.78 is 11.8. The van der Waals surface area contributed by atoms with Crippen LogP contribution in [-0.4, -0.2) is 41.7 Å². The third-order valence-corrected chi connectivity index (χ3v) is 7.48. The zero-order valence-corrected chi connectivity index (χ0v) is 15.7. The van der Waals surface area contributed by atoms with Crippen LogP contribution in [-0.2, 0) is 16.0 Å². The molecule has 1 unspecified atom stereocenters. The van der Waals surface area contributed by atoms with Crippen molar-refractivity contribution in [1.82, 2.24) is 4.90 Å². The second kappa shape index (κ2) is 5.98. The third kappa shape index (κ3) is 2.34. The van der Waals surface area contributed by atoms with E-state index in [1.54, 1.807) is 7.11 Å². The highest BCUT2D eigenvalue weighted by Gasteiger charge is 2.76. The molecule has 0 N–H and O–H groups in total. The monoisotopic (exact) mass is 355 g/mol. The minimum absolute atomic E-state index is 0.0682. The molecule has 0 spiro atoms. The predicted molar refractivity (Wildman–Crippen MR) is 99.2 cm³/mol. The number of nitrogens with zero attached hydrogens (tertiary/aromatic N) is 1. The van der Waals surface area contributed by atoms with Gasteiger partial charge in [0.1, 0.15) is 17.0 Å². The number of carbonyl (C=O) groups excluding carboxylic acids is 1. The maximum absolute atomic E-state index is 13.2. The number of amides is 1. The number of ether oxygens (including phenoxy) is 2. The lowest BCUT2D eigenvalue weighted by molar-refractivity contribution is -0.143. The molecule has 2 aliphatic heterocycles. The summed E-state index contributed by atoms with van der Waals surface area (Å²) in [7, 11) is 1.70. The van der Waals surface area contributed by atoms with Crippen molar-refractivity contribution in [2.75, 3.05) is 13.7 Å². The van der Waals surface area contributed by atoms with E-state index in [0.717, 1.165) is 44.4 Å². The number of epoxide rings is 1. The average Bonchev–Trinajstić information content (AvgIpc) is 3.32. The number of piperidine rings is 1. The van der Waals surface area contributed by atoms with E-state index in [1.807, 2.05) is 12.1 Å². The largest absolute Gasteiger partial charge is 0.497 e. The number of rotatable bonds is 4. The Bertz CT molecular complexity index is 698. The standard InChI is InChI=1S/C22H29NO3/c1-25-18-9-7-16(8-10-18)15-19-22-12-3-2-11-21(22,26-22)13-14-23(19)20(24)17-5-4-6-17/h7-10,17,19H,2-6,11-15H2,1H3/t19-,21-,22?/m1/s1. The zero-order chi connectivity index (χ0) is 17.8. The van der Waals surface area contributed by atoms with Gasteiger partial charge >= 0.3 is 0 Å². The first-order valence-electron chi connectivity index (χ1n) is 10.3. The van der Waals surface area contributed by atoms with Gasteiger partial charge in [-0.05, 0) is 56.2 Å². The highest BCUT2D eigenvalue weighted by atomic mass is 16.6. The summed E-state index contributed by atoms with van der Waals surface area (Å²) in [6.45, 7) is 0.873. The molecule has 2 saturated carbocycles. The van der Waals surface area contributed by atoms with Gasteiger partial charge < -0.3 is 14.4 Å². The molecule has 1 aromatic carbocycles. The van der Waals surface area contributed by atoms with Crippen molar-refractivity contribution in [2.24, 2.45) is 5.92 Å². The van der Waals surface area contributed by atoms with Crippen LogP contribution >= 0.6 is 0 Å². The first kappa shape index (κ1) is 16.6. The van der Waals surface area contributed by atoms with E-state index >= 15 is 0 Å². The van der Waals surface area contributed by atoms with Crippen LogP contribution in [0.4, 0.5) is 0 Å². The van der Waals surface area contributed by atoms with E-state index in [1.165, 1.54) is 31.2 Å². The predicted octanol–water partition coefficient (Wildman–Crippen LogP) is 3.72. The molecule has 3 atom stereocenters. The van der Waals surface area contributed by atoms with Crippen LogP contribution in [0.3, 0.4) is 0 Å². The first-order chi connectivity index (χ1) is 12.7. The first-order valence-corrected chi connectivity index (χ1v) is 10.3. The molecule has 4 aliphatic rings. The molecular weight excluding hydrogens is 326 g/mol. The summed E-state index contributed by atoms with van der Waals surface area (Å²) in [4.78, 5) is 15.4. The minimum Gasteiger partial charge on any atom is -0.497 e. The fraction of sp³-hybridized carbons (Fsp3) is 0.682. The van der Waals surface area contributed by atoms with Crippen molar-refractivity contribution in [3.63, 3.8) is 0 Å². The number of benzene rings is 1. The Morgan fingerprint density at radius 2 is 1.92 bits per heavy atom.